The third-order valence-electron chi connectivity index (χ3n) is 7.17. The van der Waals surface area contributed by atoms with E-state index in [0.29, 0.717) is 37.9 Å². The van der Waals surface area contributed by atoms with Crippen molar-refractivity contribution >= 4 is 23.2 Å². The molecule has 3 heterocycles. The van der Waals surface area contributed by atoms with E-state index in [-0.39, 0.29) is 11.2 Å². The van der Waals surface area contributed by atoms with Gasteiger partial charge < -0.3 is 14.2 Å². The zero-order valence-electron chi connectivity index (χ0n) is 19.6. The van der Waals surface area contributed by atoms with Gasteiger partial charge in [-0.3, -0.25) is 13.9 Å². The van der Waals surface area contributed by atoms with Crippen LogP contribution in [0.1, 0.15) is 57.6 Å². The lowest BCUT2D eigenvalue weighted by Crippen LogP contribution is -2.48. The van der Waals surface area contributed by atoms with Gasteiger partial charge in [0.05, 0.1) is 18.9 Å². The number of imidazole rings is 1. The molecule has 0 spiro atoms. The number of allylic oxidation sites excluding steroid dienone is 1. The minimum absolute atomic E-state index is 0.0289. The first-order valence-electron chi connectivity index (χ1n) is 12.3. The molecule has 0 amide bonds. The van der Waals surface area contributed by atoms with Crippen molar-refractivity contribution in [1.82, 2.24) is 13.7 Å². The number of morpholine rings is 1. The van der Waals surface area contributed by atoms with Gasteiger partial charge in [-0.15, -0.1) is 0 Å². The van der Waals surface area contributed by atoms with Gasteiger partial charge in [-0.1, -0.05) is 19.3 Å². The molecule has 2 aromatic heterocycles. The fourth-order valence-electron chi connectivity index (χ4n) is 5.39. The molecule has 33 heavy (non-hydrogen) atoms. The Bertz CT molecular complexity index is 1370. The molecular formula is C26H32N4O3. The molecule has 2 aromatic rings. The van der Waals surface area contributed by atoms with Gasteiger partial charge in [0.2, 0.25) is 0 Å². The van der Waals surface area contributed by atoms with Gasteiger partial charge in [-0.05, 0) is 44.2 Å². The van der Waals surface area contributed by atoms with Crippen molar-refractivity contribution in [2.75, 3.05) is 31.2 Å². The summed E-state index contributed by atoms with van der Waals surface area (Å²) < 4.78 is 10.9. The molecule has 2 aliphatic carbocycles. The second-order valence-corrected chi connectivity index (χ2v) is 9.05. The smallest absolute Gasteiger partial charge is 0.333 e. The molecule has 3 aliphatic rings. The predicted octanol–water partition coefficient (Wildman–Crippen LogP) is 1.61. The molecule has 0 unspecified atom stereocenters. The summed E-state index contributed by atoms with van der Waals surface area (Å²) in [6, 6.07) is 1.72. The maximum atomic E-state index is 13.4. The van der Waals surface area contributed by atoms with E-state index < -0.39 is 0 Å². The lowest BCUT2D eigenvalue weighted by molar-refractivity contribution is 0.122. The molecule has 0 N–H and O–H groups in total. The van der Waals surface area contributed by atoms with Crippen molar-refractivity contribution < 1.29 is 4.74 Å². The number of anilines is 1. The highest BCUT2D eigenvalue weighted by Crippen LogP contribution is 2.33. The Morgan fingerprint density at radius 2 is 1.79 bits per heavy atom. The van der Waals surface area contributed by atoms with Gasteiger partial charge in [0.1, 0.15) is 11.0 Å². The molecule has 0 radical (unpaired) electrons. The van der Waals surface area contributed by atoms with Crippen LogP contribution < -0.4 is 26.7 Å². The molecule has 1 saturated carbocycles. The van der Waals surface area contributed by atoms with Gasteiger partial charge in [0, 0.05) is 55.3 Å². The van der Waals surface area contributed by atoms with Gasteiger partial charge >= 0.3 is 5.69 Å². The van der Waals surface area contributed by atoms with Crippen LogP contribution in [0.25, 0.3) is 17.5 Å². The zero-order chi connectivity index (χ0) is 22.9. The summed E-state index contributed by atoms with van der Waals surface area (Å²) in [5, 5.41) is 1.66. The molecule has 5 rings (SSSR count). The van der Waals surface area contributed by atoms with E-state index >= 15 is 0 Å². The van der Waals surface area contributed by atoms with Crippen LogP contribution in [0.4, 0.5) is 5.69 Å². The summed E-state index contributed by atoms with van der Waals surface area (Å²) in [6.45, 7) is 7.90. The Morgan fingerprint density at radius 1 is 1.03 bits per heavy atom. The van der Waals surface area contributed by atoms with Crippen LogP contribution in [0, 0.1) is 0 Å². The summed E-state index contributed by atoms with van der Waals surface area (Å²) in [6.07, 6.45) is 9.95. The summed E-state index contributed by atoms with van der Waals surface area (Å²) in [5.41, 5.74) is 9.09. The first-order chi connectivity index (χ1) is 16.1. The van der Waals surface area contributed by atoms with Crippen LogP contribution >= 0.6 is 0 Å². The van der Waals surface area contributed by atoms with E-state index in [1.54, 1.807) is 15.2 Å². The maximum Gasteiger partial charge on any atom is 0.333 e. The van der Waals surface area contributed by atoms with Gasteiger partial charge in [0.25, 0.3) is 5.56 Å². The fourth-order valence-corrected chi connectivity index (χ4v) is 5.39. The molecule has 0 bridgehead atoms. The van der Waals surface area contributed by atoms with E-state index in [1.807, 2.05) is 30.7 Å². The van der Waals surface area contributed by atoms with Crippen molar-refractivity contribution in [3.8, 4) is 0 Å². The summed E-state index contributed by atoms with van der Waals surface area (Å²) in [4.78, 5) is 28.4. The van der Waals surface area contributed by atoms with Crippen LogP contribution in [0.2, 0.25) is 0 Å². The van der Waals surface area contributed by atoms with Gasteiger partial charge in [-0.2, -0.15) is 0 Å². The Labute approximate surface area is 193 Å². The van der Waals surface area contributed by atoms with E-state index in [9.17, 15) is 9.59 Å². The minimum atomic E-state index is -0.0407. The normalized spacial score (nSPS) is 18.5. The molecule has 0 aromatic carbocycles. The molecular weight excluding hydrogens is 416 g/mol. The molecule has 2 fully saturated rings. The van der Waals surface area contributed by atoms with Crippen molar-refractivity contribution in [1.29, 1.82) is 0 Å². The largest absolute Gasteiger partial charge is 0.378 e. The van der Waals surface area contributed by atoms with Crippen LogP contribution in [-0.2, 0) is 17.8 Å². The highest BCUT2D eigenvalue weighted by molar-refractivity contribution is 5.81. The van der Waals surface area contributed by atoms with E-state index in [4.69, 9.17) is 4.74 Å². The lowest BCUT2D eigenvalue weighted by Gasteiger charge is -2.29. The molecule has 1 saturated heterocycles. The minimum Gasteiger partial charge on any atom is -0.378 e. The monoisotopic (exact) mass is 448 g/mol. The van der Waals surface area contributed by atoms with E-state index in [0.717, 1.165) is 47.9 Å². The molecule has 7 nitrogen and oxygen atoms in total. The quantitative estimate of drug-likeness (QED) is 0.652. The summed E-state index contributed by atoms with van der Waals surface area (Å²) in [5.74, 6) is 0.381. The highest BCUT2D eigenvalue weighted by atomic mass is 16.5. The second kappa shape index (κ2) is 9.11. The number of ether oxygens (including phenoxy) is 1. The Kier molecular flexibility index (Phi) is 6.03. The van der Waals surface area contributed by atoms with Crippen molar-refractivity contribution in [2.45, 2.75) is 65.0 Å². The van der Waals surface area contributed by atoms with Gasteiger partial charge in [0.15, 0.2) is 0 Å². The van der Waals surface area contributed by atoms with Crippen molar-refractivity contribution in [3.63, 3.8) is 0 Å². The molecule has 7 heteroatoms. The van der Waals surface area contributed by atoms with E-state index in [1.165, 1.54) is 19.3 Å². The first kappa shape index (κ1) is 21.8. The highest BCUT2D eigenvalue weighted by Gasteiger charge is 2.24. The summed E-state index contributed by atoms with van der Waals surface area (Å²) >= 11 is 0. The number of rotatable bonds is 5. The number of hydrogen-bond acceptors (Lipinski definition) is 4. The average molecular weight is 449 g/mol. The number of pyridine rings is 1. The SMILES string of the molecule is CCn1cc(C2CCCCC2)n(C2=C=C=c3c(c(N4CCOCC4)cc(=O)n3CC)=C2)c1=O. The zero-order valence-corrected chi connectivity index (χ0v) is 19.6. The number of fused-ring (bicyclic) bond motifs is 1. The number of hydrogen-bond donors (Lipinski definition) is 0. The van der Waals surface area contributed by atoms with E-state index in [2.05, 4.69) is 16.4 Å². The van der Waals surface area contributed by atoms with Crippen molar-refractivity contribution in [3.05, 3.63) is 55.1 Å². The van der Waals surface area contributed by atoms with Crippen LogP contribution in [0.5, 0.6) is 0 Å². The van der Waals surface area contributed by atoms with Gasteiger partial charge in [-0.25, -0.2) is 4.79 Å². The summed E-state index contributed by atoms with van der Waals surface area (Å²) in [7, 11) is 0. The Balaban J connectivity index is 1.74. The fraction of sp³-hybridized carbons (Fsp3) is 0.538. The van der Waals surface area contributed by atoms with Crippen LogP contribution in [0.3, 0.4) is 0 Å². The average Bonchev–Trinajstić information content (AvgIpc) is 3.20. The standard InChI is InChI=1S/C26H32N4O3/c1-3-27-18-24(19-8-6-5-7-9-19)30(26(27)32)20-10-11-22-21(16-20)23(17-25(31)29(22)4-2)28-12-14-33-15-13-28/h16-19H,3-9,12-15H2,1-2H3. The number of nitrogens with zero attached hydrogens (tertiary/aromatic N) is 4. The Hall–Kier alpha value is -2.98. The number of aryl methyl sites for hydroxylation is 1. The van der Waals surface area contributed by atoms with Crippen molar-refractivity contribution in [2.24, 2.45) is 0 Å². The second-order valence-electron chi connectivity index (χ2n) is 9.05. The van der Waals surface area contributed by atoms with Crippen LogP contribution in [0.15, 0.2) is 27.6 Å². The third-order valence-corrected chi connectivity index (χ3v) is 7.17. The maximum absolute atomic E-state index is 13.4. The first-order valence-corrected chi connectivity index (χ1v) is 12.3. The topological polar surface area (TPSA) is 61.4 Å². The molecule has 174 valence electrons. The Morgan fingerprint density at radius 3 is 2.48 bits per heavy atom. The van der Waals surface area contributed by atoms with Crippen LogP contribution in [-0.4, -0.2) is 40.0 Å². The molecule has 1 aliphatic heterocycles. The lowest BCUT2D eigenvalue weighted by atomic mass is 9.87. The molecule has 0 atom stereocenters. The third kappa shape index (κ3) is 3.87. The predicted molar refractivity (Wildman–Crippen MR) is 130 cm³/mol. The number of aromatic nitrogens is 3.